The van der Waals surface area contributed by atoms with Gasteiger partial charge >= 0.3 is 11.9 Å². The first kappa shape index (κ1) is 21.5. The maximum absolute atomic E-state index is 12.9. The molecule has 0 aliphatic heterocycles. The van der Waals surface area contributed by atoms with Crippen LogP contribution in [0.2, 0.25) is 0 Å². The average molecular weight is 388 g/mol. The zero-order valence-corrected chi connectivity index (χ0v) is 16.2. The van der Waals surface area contributed by atoms with Crippen molar-refractivity contribution >= 4 is 29.3 Å². The van der Waals surface area contributed by atoms with E-state index < -0.39 is 47.0 Å². The number of ether oxygens (including phenoxy) is 2. The van der Waals surface area contributed by atoms with Crippen molar-refractivity contribution in [3.8, 4) is 5.75 Å². The lowest BCUT2D eigenvalue weighted by molar-refractivity contribution is -0.157. The molecule has 0 amide bonds. The number of carbonyl (C=O) groups is 5. The molecule has 0 aromatic heterocycles. The van der Waals surface area contributed by atoms with Crippen LogP contribution >= 0.6 is 0 Å². The van der Waals surface area contributed by atoms with Gasteiger partial charge in [0.15, 0.2) is 17.3 Å². The number of rotatable bonds is 7. The van der Waals surface area contributed by atoms with E-state index in [-0.39, 0.29) is 31.6 Å². The minimum atomic E-state index is -1.42. The van der Waals surface area contributed by atoms with E-state index in [9.17, 15) is 24.0 Å². The van der Waals surface area contributed by atoms with Gasteiger partial charge in [0.25, 0.3) is 0 Å². The molecule has 1 aliphatic carbocycles. The Morgan fingerprint density at radius 1 is 1.07 bits per heavy atom. The lowest BCUT2D eigenvalue weighted by Crippen LogP contribution is -2.47. The highest BCUT2D eigenvalue weighted by atomic mass is 16.5. The fourth-order valence-corrected chi connectivity index (χ4v) is 3.37. The van der Waals surface area contributed by atoms with Gasteiger partial charge in [0.05, 0.1) is 6.61 Å². The average Bonchev–Trinajstić information content (AvgIpc) is 2.67. The van der Waals surface area contributed by atoms with Crippen molar-refractivity contribution in [1.82, 2.24) is 0 Å². The maximum atomic E-state index is 12.9. The van der Waals surface area contributed by atoms with E-state index in [0.29, 0.717) is 5.56 Å². The van der Waals surface area contributed by atoms with Gasteiger partial charge in [0.1, 0.15) is 17.6 Å². The number of Topliss-reactive ketones (excluding diaryl/α,β-unsaturated/α-hetero) is 3. The molecule has 3 unspecified atom stereocenters. The molecule has 0 radical (unpaired) electrons. The molecule has 1 saturated carbocycles. The van der Waals surface area contributed by atoms with Crippen molar-refractivity contribution in [3.63, 3.8) is 0 Å². The van der Waals surface area contributed by atoms with Crippen LogP contribution in [0.15, 0.2) is 24.3 Å². The van der Waals surface area contributed by atoms with Crippen LogP contribution in [-0.4, -0.2) is 35.9 Å². The predicted octanol–water partition coefficient (Wildman–Crippen LogP) is 2.40. The Morgan fingerprint density at radius 3 is 2.39 bits per heavy atom. The van der Waals surface area contributed by atoms with Crippen molar-refractivity contribution in [2.45, 2.75) is 46.0 Å². The fourth-order valence-electron chi connectivity index (χ4n) is 3.37. The summed E-state index contributed by atoms with van der Waals surface area (Å²) in [5, 5.41) is 0. The van der Waals surface area contributed by atoms with Gasteiger partial charge in [-0.3, -0.25) is 24.0 Å². The van der Waals surface area contributed by atoms with Crippen LogP contribution < -0.4 is 4.74 Å². The van der Waals surface area contributed by atoms with Crippen LogP contribution in [-0.2, 0) is 28.7 Å². The lowest BCUT2D eigenvalue weighted by atomic mass is 9.68. The second kappa shape index (κ2) is 9.39. The molecule has 0 bridgehead atoms. The highest BCUT2D eigenvalue weighted by Gasteiger charge is 2.50. The van der Waals surface area contributed by atoms with E-state index in [1.807, 2.05) is 0 Å². The highest BCUT2D eigenvalue weighted by molar-refractivity contribution is 6.25. The van der Waals surface area contributed by atoms with Gasteiger partial charge in [-0.15, -0.1) is 0 Å². The molecule has 2 rings (SSSR count). The number of hydrogen-bond acceptors (Lipinski definition) is 7. The molecule has 1 aromatic carbocycles. The molecular formula is C21H24O7. The first-order chi connectivity index (χ1) is 13.3. The standard InChI is InChI=1S/C21H24O7/c1-4-15(22)19-16(23)11-14(18(20(19)25)21(26)27-6-3)12-8-7-9-13(10-12)28-17(24)5-2/h7-10,14,18-19H,4-6,11H2,1-3H3. The Kier molecular flexibility index (Phi) is 7.20. The number of ketones is 3. The van der Waals surface area contributed by atoms with Gasteiger partial charge in [0.2, 0.25) is 0 Å². The second-order valence-corrected chi connectivity index (χ2v) is 6.56. The quantitative estimate of drug-likeness (QED) is 0.401. The van der Waals surface area contributed by atoms with Gasteiger partial charge in [-0.05, 0) is 24.6 Å². The van der Waals surface area contributed by atoms with Gasteiger partial charge in [-0.2, -0.15) is 0 Å². The van der Waals surface area contributed by atoms with Crippen molar-refractivity contribution in [1.29, 1.82) is 0 Å². The molecule has 0 heterocycles. The van der Waals surface area contributed by atoms with Crippen molar-refractivity contribution < 1.29 is 33.4 Å². The Bertz CT molecular complexity index is 796. The minimum Gasteiger partial charge on any atom is -0.465 e. The third-order valence-electron chi connectivity index (χ3n) is 4.75. The van der Waals surface area contributed by atoms with E-state index in [1.54, 1.807) is 39.0 Å². The number of carbonyl (C=O) groups excluding carboxylic acids is 5. The Labute approximate surface area is 163 Å². The number of benzene rings is 1. The molecule has 28 heavy (non-hydrogen) atoms. The largest absolute Gasteiger partial charge is 0.465 e. The summed E-state index contributed by atoms with van der Waals surface area (Å²) in [5.41, 5.74) is 0.503. The van der Waals surface area contributed by atoms with Crippen LogP contribution in [0.3, 0.4) is 0 Å². The SMILES string of the molecule is CCOC(=O)C1C(=O)C(C(=O)CC)C(=O)CC1c1cccc(OC(=O)CC)c1. The maximum Gasteiger partial charge on any atom is 0.317 e. The van der Waals surface area contributed by atoms with E-state index in [1.165, 1.54) is 6.07 Å². The summed E-state index contributed by atoms with van der Waals surface area (Å²) in [6, 6.07) is 6.38. The zero-order valence-electron chi connectivity index (χ0n) is 16.2. The predicted molar refractivity (Wildman–Crippen MR) is 98.7 cm³/mol. The third-order valence-corrected chi connectivity index (χ3v) is 4.75. The van der Waals surface area contributed by atoms with Gasteiger partial charge in [-0.25, -0.2) is 0 Å². The molecule has 7 heteroatoms. The molecule has 1 fully saturated rings. The molecular weight excluding hydrogens is 364 g/mol. The fraction of sp³-hybridized carbons (Fsp3) is 0.476. The van der Waals surface area contributed by atoms with Crippen LogP contribution in [0.25, 0.3) is 0 Å². The Balaban J connectivity index is 2.43. The number of esters is 2. The van der Waals surface area contributed by atoms with E-state index in [2.05, 4.69) is 0 Å². The highest BCUT2D eigenvalue weighted by Crippen LogP contribution is 2.39. The van der Waals surface area contributed by atoms with Crippen molar-refractivity contribution in [2.24, 2.45) is 11.8 Å². The smallest absolute Gasteiger partial charge is 0.317 e. The van der Waals surface area contributed by atoms with Crippen LogP contribution in [0.5, 0.6) is 5.75 Å². The molecule has 0 saturated heterocycles. The summed E-state index contributed by atoms with van der Waals surface area (Å²) in [5.74, 6) is -6.08. The molecule has 0 spiro atoms. The Morgan fingerprint density at radius 2 is 1.79 bits per heavy atom. The third kappa shape index (κ3) is 4.52. The van der Waals surface area contributed by atoms with Gasteiger partial charge in [0, 0.05) is 25.2 Å². The minimum absolute atomic E-state index is 0.0326. The summed E-state index contributed by atoms with van der Waals surface area (Å²) < 4.78 is 10.2. The summed E-state index contributed by atoms with van der Waals surface area (Å²) in [4.78, 5) is 61.6. The Hall–Kier alpha value is -2.83. The van der Waals surface area contributed by atoms with Crippen LogP contribution in [0.4, 0.5) is 0 Å². The normalized spacial score (nSPS) is 21.9. The molecule has 1 aliphatic rings. The van der Waals surface area contributed by atoms with Gasteiger partial charge in [-0.1, -0.05) is 26.0 Å². The molecule has 150 valence electrons. The van der Waals surface area contributed by atoms with E-state index in [0.717, 1.165) is 0 Å². The van der Waals surface area contributed by atoms with Crippen LogP contribution in [0, 0.1) is 11.8 Å². The molecule has 0 N–H and O–H groups in total. The summed E-state index contributed by atoms with van der Waals surface area (Å²) >= 11 is 0. The monoisotopic (exact) mass is 388 g/mol. The first-order valence-corrected chi connectivity index (χ1v) is 9.40. The van der Waals surface area contributed by atoms with E-state index in [4.69, 9.17) is 9.47 Å². The lowest BCUT2D eigenvalue weighted by Gasteiger charge is -2.32. The molecule has 3 atom stereocenters. The zero-order chi connectivity index (χ0) is 20.8. The second-order valence-electron chi connectivity index (χ2n) is 6.56. The van der Waals surface area contributed by atoms with E-state index >= 15 is 0 Å². The van der Waals surface area contributed by atoms with Crippen LogP contribution in [0.1, 0.15) is 51.5 Å². The van der Waals surface area contributed by atoms with Crippen molar-refractivity contribution in [2.75, 3.05) is 6.61 Å². The summed E-state index contributed by atoms with van der Waals surface area (Å²) in [6.07, 6.45) is 0.0819. The van der Waals surface area contributed by atoms with Crippen molar-refractivity contribution in [3.05, 3.63) is 29.8 Å². The topological polar surface area (TPSA) is 104 Å². The summed E-state index contributed by atoms with van der Waals surface area (Å²) in [7, 11) is 0. The van der Waals surface area contributed by atoms with Gasteiger partial charge < -0.3 is 9.47 Å². The summed E-state index contributed by atoms with van der Waals surface area (Å²) in [6.45, 7) is 4.92. The first-order valence-electron chi connectivity index (χ1n) is 9.40. The number of hydrogen-bond donors (Lipinski definition) is 0. The molecule has 1 aromatic rings. The molecule has 7 nitrogen and oxygen atoms in total.